The van der Waals surface area contributed by atoms with E-state index in [-0.39, 0.29) is 11.6 Å². The lowest BCUT2D eigenvalue weighted by molar-refractivity contribution is 0.0232. The van der Waals surface area contributed by atoms with Crippen LogP contribution in [0.25, 0.3) is 0 Å². The zero-order valence-electron chi connectivity index (χ0n) is 15.4. The molecule has 2 fully saturated rings. The van der Waals surface area contributed by atoms with Gasteiger partial charge in [0.15, 0.2) is 0 Å². The fourth-order valence-electron chi connectivity index (χ4n) is 3.57. The number of para-hydroxylation sites is 2. The molecule has 3 rings (SSSR count). The number of hydrogen-bond acceptors (Lipinski definition) is 4. The van der Waals surface area contributed by atoms with E-state index in [0.29, 0.717) is 6.54 Å². The standard InChI is InChI=1S/C19H30N4O2/c1-3-22-10-12-23(13-11-22)17-8-5-4-7-16(17)21-18(24)20-15-19(2)9-6-14-25-19/h4-5,7-8H,3,6,9-15H2,1-2H3,(H2,20,21,24). The zero-order chi connectivity index (χ0) is 17.7. The second-order valence-corrected chi connectivity index (χ2v) is 7.15. The van der Waals surface area contributed by atoms with E-state index in [1.807, 2.05) is 18.2 Å². The monoisotopic (exact) mass is 346 g/mol. The van der Waals surface area contributed by atoms with Crippen molar-refractivity contribution in [3.8, 4) is 0 Å². The summed E-state index contributed by atoms with van der Waals surface area (Å²) in [5.74, 6) is 0. The predicted molar refractivity (Wildman–Crippen MR) is 101 cm³/mol. The third-order valence-corrected chi connectivity index (χ3v) is 5.24. The summed E-state index contributed by atoms with van der Waals surface area (Å²) in [6, 6.07) is 7.87. The average Bonchev–Trinajstić information content (AvgIpc) is 3.08. The van der Waals surface area contributed by atoms with E-state index in [2.05, 4.69) is 40.3 Å². The Morgan fingerprint density at radius 3 is 2.68 bits per heavy atom. The van der Waals surface area contributed by atoms with E-state index in [9.17, 15) is 4.79 Å². The van der Waals surface area contributed by atoms with Crippen LogP contribution in [0.2, 0.25) is 0 Å². The summed E-state index contributed by atoms with van der Waals surface area (Å²) in [5, 5.41) is 5.97. The van der Waals surface area contributed by atoms with Crippen molar-refractivity contribution in [3.05, 3.63) is 24.3 Å². The molecule has 0 aromatic heterocycles. The van der Waals surface area contributed by atoms with Gasteiger partial charge in [-0.1, -0.05) is 19.1 Å². The average molecular weight is 346 g/mol. The van der Waals surface area contributed by atoms with Gasteiger partial charge in [0.2, 0.25) is 0 Å². The van der Waals surface area contributed by atoms with Crippen LogP contribution >= 0.6 is 0 Å². The van der Waals surface area contributed by atoms with Gasteiger partial charge in [-0.2, -0.15) is 0 Å². The normalized spacial score (nSPS) is 24.3. The van der Waals surface area contributed by atoms with Crippen LogP contribution in [0.1, 0.15) is 26.7 Å². The Morgan fingerprint density at radius 2 is 2.00 bits per heavy atom. The molecule has 138 valence electrons. The predicted octanol–water partition coefficient (Wildman–Crippen LogP) is 2.52. The number of hydrogen-bond donors (Lipinski definition) is 2. The molecule has 25 heavy (non-hydrogen) atoms. The Balaban J connectivity index is 1.58. The van der Waals surface area contributed by atoms with E-state index in [1.54, 1.807) is 0 Å². The minimum atomic E-state index is -0.229. The molecule has 2 heterocycles. The molecule has 0 spiro atoms. The van der Waals surface area contributed by atoms with Crippen molar-refractivity contribution in [2.75, 3.05) is 56.1 Å². The van der Waals surface area contributed by atoms with E-state index < -0.39 is 0 Å². The Hall–Kier alpha value is -1.79. The number of ether oxygens (including phenoxy) is 1. The van der Waals surface area contributed by atoms with E-state index in [4.69, 9.17) is 4.74 Å². The van der Waals surface area contributed by atoms with Crippen LogP contribution < -0.4 is 15.5 Å². The zero-order valence-corrected chi connectivity index (χ0v) is 15.4. The van der Waals surface area contributed by atoms with Crippen LogP contribution in [0, 0.1) is 0 Å². The van der Waals surface area contributed by atoms with Gasteiger partial charge in [-0.15, -0.1) is 0 Å². The molecule has 2 amide bonds. The summed E-state index contributed by atoms with van der Waals surface area (Å²) >= 11 is 0. The van der Waals surface area contributed by atoms with Crippen LogP contribution in [0.3, 0.4) is 0 Å². The lowest BCUT2D eigenvalue weighted by Gasteiger charge is -2.36. The molecule has 6 nitrogen and oxygen atoms in total. The first kappa shape index (κ1) is 18.0. The van der Waals surface area contributed by atoms with Crippen LogP contribution in [0.5, 0.6) is 0 Å². The summed E-state index contributed by atoms with van der Waals surface area (Å²) in [4.78, 5) is 17.1. The number of nitrogens with one attached hydrogen (secondary N) is 2. The summed E-state index contributed by atoms with van der Waals surface area (Å²) in [6.45, 7) is 10.8. The van der Waals surface area contributed by atoms with Gasteiger partial charge < -0.3 is 25.2 Å². The molecule has 1 atom stereocenters. The first-order valence-electron chi connectivity index (χ1n) is 9.35. The smallest absolute Gasteiger partial charge is 0.319 e. The van der Waals surface area contributed by atoms with E-state index >= 15 is 0 Å². The number of amides is 2. The molecule has 2 aliphatic rings. The van der Waals surface area contributed by atoms with Gasteiger partial charge >= 0.3 is 6.03 Å². The molecule has 6 heteroatoms. The SMILES string of the molecule is CCN1CCN(c2ccccc2NC(=O)NCC2(C)CCCO2)CC1. The summed E-state index contributed by atoms with van der Waals surface area (Å²) in [6.07, 6.45) is 2.05. The first-order chi connectivity index (χ1) is 12.1. The number of likely N-dealkylation sites (N-methyl/N-ethyl adjacent to an activating group) is 1. The number of benzene rings is 1. The summed E-state index contributed by atoms with van der Waals surface area (Å²) in [5.41, 5.74) is 1.73. The highest BCUT2D eigenvalue weighted by Crippen LogP contribution is 2.27. The fourth-order valence-corrected chi connectivity index (χ4v) is 3.57. The summed E-state index contributed by atoms with van der Waals surface area (Å²) < 4.78 is 5.73. The van der Waals surface area contributed by atoms with Gasteiger partial charge in [-0.3, -0.25) is 0 Å². The molecule has 0 radical (unpaired) electrons. The maximum Gasteiger partial charge on any atom is 0.319 e. The number of anilines is 2. The Kier molecular flexibility index (Phi) is 5.81. The van der Waals surface area contributed by atoms with Crippen molar-refractivity contribution in [1.82, 2.24) is 10.2 Å². The third-order valence-electron chi connectivity index (χ3n) is 5.24. The third kappa shape index (κ3) is 4.64. The van der Waals surface area contributed by atoms with Crippen molar-refractivity contribution >= 4 is 17.4 Å². The molecule has 0 saturated carbocycles. The molecule has 2 aliphatic heterocycles. The maximum absolute atomic E-state index is 12.3. The molecule has 2 saturated heterocycles. The number of carbonyl (C=O) groups excluding carboxylic acids is 1. The molecule has 1 aromatic carbocycles. The molecule has 0 bridgehead atoms. The molecule has 1 aromatic rings. The molecule has 0 aliphatic carbocycles. The van der Waals surface area contributed by atoms with Gasteiger partial charge in [0.25, 0.3) is 0 Å². The van der Waals surface area contributed by atoms with Crippen LogP contribution in [-0.2, 0) is 4.74 Å². The van der Waals surface area contributed by atoms with E-state index in [1.165, 1.54) is 0 Å². The molecular weight excluding hydrogens is 316 g/mol. The van der Waals surface area contributed by atoms with Gasteiger partial charge in [0.1, 0.15) is 0 Å². The van der Waals surface area contributed by atoms with Crippen LogP contribution in [-0.4, -0.2) is 62.4 Å². The van der Waals surface area contributed by atoms with Gasteiger partial charge in [-0.25, -0.2) is 4.79 Å². The van der Waals surface area contributed by atoms with Gasteiger partial charge in [-0.05, 0) is 38.4 Å². The highest BCUT2D eigenvalue weighted by Gasteiger charge is 2.30. The van der Waals surface area contributed by atoms with Crippen molar-refractivity contribution in [3.63, 3.8) is 0 Å². The van der Waals surface area contributed by atoms with Crippen molar-refractivity contribution < 1.29 is 9.53 Å². The molecule has 2 N–H and O–H groups in total. The molecule has 1 unspecified atom stereocenters. The lowest BCUT2D eigenvalue weighted by atomic mass is 10.0. The van der Waals surface area contributed by atoms with Crippen molar-refractivity contribution in [2.24, 2.45) is 0 Å². The van der Waals surface area contributed by atoms with Crippen LogP contribution in [0.4, 0.5) is 16.2 Å². The van der Waals surface area contributed by atoms with Crippen molar-refractivity contribution in [2.45, 2.75) is 32.3 Å². The highest BCUT2D eigenvalue weighted by atomic mass is 16.5. The maximum atomic E-state index is 12.3. The highest BCUT2D eigenvalue weighted by molar-refractivity contribution is 5.93. The first-order valence-corrected chi connectivity index (χ1v) is 9.35. The fraction of sp³-hybridized carbons (Fsp3) is 0.632. The number of urea groups is 1. The summed E-state index contributed by atoms with van der Waals surface area (Å²) in [7, 11) is 0. The Bertz CT molecular complexity index is 579. The molecular formula is C19H30N4O2. The second-order valence-electron chi connectivity index (χ2n) is 7.15. The number of carbonyl (C=O) groups is 1. The number of rotatable bonds is 5. The number of nitrogens with zero attached hydrogens (tertiary/aromatic N) is 2. The largest absolute Gasteiger partial charge is 0.373 e. The second kappa shape index (κ2) is 8.06. The minimum Gasteiger partial charge on any atom is -0.373 e. The quantitative estimate of drug-likeness (QED) is 0.860. The van der Waals surface area contributed by atoms with Gasteiger partial charge in [0, 0.05) is 39.3 Å². The Morgan fingerprint density at radius 1 is 1.24 bits per heavy atom. The van der Waals surface area contributed by atoms with Gasteiger partial charge in [0.05, 0.1) is 17.0 Å². The minimum absolute atomic E-state index is 0.170. The Labute approximate surface area is 150 Å². The van der Waals surface area contributed by atoms with Crippen LogP contribution in [0.15, 0.2) is 24.3 Å². The van der Waals surface area contributed by atoms with Crippen molar-refractivity contribution in [1.29, 1.82) is 0 Å². The number of piperazine rings is 1. The topological polar surface area (TPSA) is 56.8 Å². The van der Waals surface area contributed by atoms with E-state index in [0.717, 1.165) is 63.5 Å². The lowest BCUT2D eigenvalue weighted by Crippen LogP contribution is -2.46.